The van der Waals surface area contributed by atoms with E-state index in [4.69, 9.17) is 4.74 Å². The third kappa shape index (κ3) is 2.28. The van der Waals surface area contributed by atoms with Crippen molar-refractivity contribution in [3.05, 3.63) is 34.8 Å². The van der Waals surface area contributed by atoms with Crippen molar-refractivity contribution >= 4 is 34.7 Å². The molecule has 23 heavy (non-hydrogen) atoms. The van der Waals surface area contributed by atoms with E-state index < -0.39 is 0 Å². The fourth-order valence-corrected chi connectivity index (χ4v) is 3.78. The van der Waals surface area contributed by atoms with Crippen molar-refractivity contribution in [2.75, 3.05) is 23.4 Å². The smallest absolute Gasteiger partial charge is 0.265 e. The van der Waals surface area contributed by atoms with Crippen LogP contribution in [0, 0.1) is 0 Å². The molecule has 2 aliphatic rings. The third-order valence-electron chi connectivity index (χ3n) is 4.28. The van der Waals surface area contributed by atoms with Crippen LogP contribution in [0.3, 0.4) is 0 Å². The van der Waals surface area contributed by atoms with E-state index >= 15 is 0 Å². The first-order valence-electron chi connectivity index (χ1n) is 7.47. The van der Waals surface area contributed by atoms with Gasteiger partial charge in [0.15, 0.2) is 6.61 Å². The monoisotopic (exact) mass is 329 g/mol. The molecule has 2 aromatic rings. The Morgan fingerprint density at radius 2 is 2.30 bits per heavy atom. The number of hydrogen-bond donors (Lipinski definition) is 1. The normalized spacial score (nSPS) is 19.7. The Balaban J connectivity index is 1.85. The van der Waals surface area contributed by atoms with Crippen LogP contribution in [0.1, 0.15) is 30.4 Å². The molecule has 1 aromatic heterocycles. The van der Waals surface area contributed by atoms with Gasteiger partial charge >= 0.3 is 0 Å². The van der Waals surface area contributed by atoms with Gasteiger partial charge in [-0.25, -0.2) is 4.37 Å². The van der Waals surface area contributed by atoms with Gasteiger partial charge in [0.1, 0.15) is 5.75 Å². The van der Waals surface area contributed by atoms with E-state index in [9.17, 15) is 9.59 Å². The average Bonchev–Trinajstić information content (AvgIpc) is 3.07. The molecule has 1 aromatic carbocycles. The summed E-state index contributed by atoms with van der Waals surface area (Å²) in [4.78, 5) is 25.7. The predicted octanol–water partition coefficient (Wildman–Crippen LogP) is 2.36. The molecule has 2 aliphatic heterocycles. The quantitative estimate of drug-likeness (QED) is 0.918. The summed E-state index contributed by atoms with van der Waals surface area (Å²) in [6.07, 6.45) is 2.19. The molecule has 0 saturated heterocycles. The summed E-state index contributed by atoms with van der Waals surface area (Å²) >= 11 is 1.38. The van der Waals surface area contributed by atoms with Gasteiger partial charge in [-0.1, -0.05) is 0 Å². The van der Waals surface area contributed by atoms with Crippen LogP contribution in [-0.2, 0) is 9.59 Å². The first kappa shape index (κ1) is 14.2. The number of ether oxygens (including phenoxy) is 1. The first-order chi connectivity index (χ1) is 11.2. The Kier molecular flexibility index (Phi) is 3.30. The van der Waals surface area contributed by atoms with Crippen molar-refractivity contribution in [1.82, 2.24) is 4.37 Å². The summed E-state index contributed by atoms with van der Waals surface area (Å²) in [6, 6.07) is 3.79. The van der Waals surface area contributed by atoms with Crippen molar-refractivity contribution in [3.63, 3.8) is 0 Å². The van der Waals surface area contributed by atoms with Gasteiger partial charge in [0.25, 0.3) is 5.91 Å². The van der Waals surface area contributed by atoms with E-state index in [1.807, 2.05) is 24.4 Å². The number of amides is 2. The molecule has 1 atom stereocenters. The maximum absolute atomic E-state index is 12.1. The van der Waals surface area contributed by atoms with Gasteiger partial charge in [0, 0.05) is 36.1 Å². The molecule has 1 unspecified atom stereocenters. The molecule has 0 spiro atoms. The van der Waals surface area contributed by atoms with Crippen LogP contribution < -0.4 is 15.0 Å². The second-order valence-electron chi connectivity index (χ2n) is 5.60. The fraction of sp³-hybridized carbons (Fsp3) is 0.312. The fourth-order valence-electron chi connectivity index (χ4n) is 3.18. The van der Waals surface area contributed by atoms with Gasteiger partial charge in [-0.05, 0) is 41.7 Å². The highest BCUT2D eigenvalue weighted by molar-refractivity contribution is 7.03. The number of benzene rings is 1. The molecule has 118 valence electrons. The van der Waals surface area contributed by atoms with Gasteiger partial charge in [-0.15, -0.1) is 0 Å². The lowest BCUT2D eigenvalue weighted by molar-refractivity contribution is -0.121. The van der Waals surface area contributed by atoms with Gasteiger partial charge < -0.3 is 15.0 Å². The minimum Gasteiger partial charge on any atom is -0.482 e. The van der Waals surface area contributed by atoms with E-state index in [0.29, 0.717) is 24.4 Å². The van der Waals surface area contributed by atoms with E-state index in [1.165, 1.54) is 11.5 Å². The van der Waals surface area contributed by atoms with Crippen LogP contribution in [-0.4, -0.2) is 29.3 Å². The van der Waals surface area contributed by atoms with Crippen LogP contribution in [0.5, 0.6) is 5.75 Å². The number of carbonyl (C=O) groups is 2. The van der Waals surface area contributed by atoms with Crippen molar-refractivity contribution in [2.24, 2.45) is 0 Å². The topological polar surface area (TPSA) is 71.5 Å². The molecule has 4 rings (SSSR count). The number of rotatable bonds is 2. The lowest BCUT2D eigenvalue weighted by Gasteiger charge is -2.32. The minimum absolute atomic E-state index is 0.0280. The average molecular weight is 329 g/mol. The number of anilines is 2. The van der Waals surface area contributed by atoms with E-state index in [2.05, 4.69) is 9.69 Å². The molecular formula is C16H15N3O3S. The Labute approximate surface area is 137 Å². The zero-order valence-electron chi connectivity index (χ0n) is 12.5. The largest absolute Gasteiger partial charge is 0.482 e. The molecule has 0 radical (unpaired) electrons. The Morgan fingerprint density at radius 3 is 3.04 bits per heavy atom. The second-order valence-corrected chi connectivity index (χ2v) is 6.25. The molecule has 6 nitrogen and oxygen atoms in total. The van der Waals surface area contributed by atoms with Crippen molar-refractivity contribution in [1.29, 1.82) is 0 Å². The number of carbonyl (C=O) groups excluding carboxylic acids is 2. The number of fused-ring (bicyclic) bond motifs is 2. The second kappa shape index (κ2) is 5.34. The first-order valence-corrected chi connectivity index (χ1v) is 8.31. The molecule has 1 N–H and O–H groups in total. The molecule has 0 fully saturated rings. The van der Waals surface area contributed by atoms with Crippen molar-refractivity contribution in [3.8, 4) is 5.75 Å². The maximum atomic E-state index is 12.1. The van der Waals surface area contributed by atoms with Crippen LogP contribution in [0.15, 0.2) is 23.7 Å². The zero-order valence-corrected chi connectivity index (χ0v) is 13.4. The lowest BCUT2D eigenvalue weighted by Crippen LogP contribution is -2.39. The highest BCUT2D eigenvalue weighted by Gasteiger charge is 2.32. The summed E-state index contributed by atoms with van der Waals surface area (Å²) in [6.45, 7) is 2.54. The Morgan fingerprint density at radius 1 is 1.43 bits per heavy atom. The summed E-state index contributed by atoms with van der Waals surface area (Å²) in [5.74, 6) is 0.564. The molecule has 0 saturated carbocycles. The lowest BCUT2D eigenvalue weighted by atomic mass is 9.86. The number of hydrogen-bond acceptors (Lipinski definition) is 5. The van der Waals surface area contributed by atoms with Crippen molar-refractivity contribution < 1.29 is 14.3 Å². The highest BCUT2D eigenvalue weighted by atomic mass is 32.1. The van der Waals surface area contributed by atoms with Gasteiger partial charge in [0.2, 0.25) is 5.91 Å². The minimum atomic E-state index is -0.0688. The van der Waals surface area contributed by atoms with Crippen LogP contribution in [0.4, 0.5) is 11.4 Å². The van der Waals surface area contributed by atoms with Crippen molar-refractivity contribution in [2.45, 2.75) is 19.3 Å². The van der Waals surface area contributed by atoms with Crippen LogP contribution in [0.2, 0.25) is 0 Å². The van der Waals surface area contributed by atoms with Crippen LogP contribution in [0.25, 0.3) is 0 Å². The molecular weight excluding hydrogens is 314 g/mol. The predicted molar refractivity (Wildman–Crippen MR) is 87.2 cm³/mol. The number of aromatic nitrogens is 1. The van der Waals surface area contributed by atoms with E-state index in [-0.39, 0.29) is 24.3 Å². The highest BCUT2D eigenvalue weighted by Crippen LogP contribution is 2.44. The summed E-state index contributed by atoms with van der Waals surface area (Å²) in [7, 11) is 0. The Hall–Kier alpha value is -2.41. The summed E-state index contributed by atoms with van der Waals surface area (Å²) < 4.78 is 9.75. The number of likely N-dealkylation sites (N-methyl/N-ethyl adjacent to an activating group) is 1. The van der Waals surface area contributed by atoms with Gasteiger partial charge in [0.05, 0.1) is 5.69 Å². The molecule has 2 amide bonds. The summed E-state index contributed by atoms with van der Waals surface area (Å²) in [5.41, 5.74) is 3.50. The maximum Gasteiger partial charge on any atom is 0.265 e. The molecule has 7 heteroatoms. The van der Waals surface area contributed by atoms with Gasteiger partial charge in [-0.3, -0.25) is 9.59 Å². The zero-order chi connectivity index (χ0) is 16.0. The molecule has 0 bridgehead atoms. The number of nitrogens with one attached hydrogen (secondary N) is 1. The van der Waals surface area contributed by atoms with Crippen LogP contribution >= 0.6 is 11.5 Å². The molecule has 3 heterocycles. The third-order valence-corrected chi connectivity index (χ3v) is 4.89. The Bertz CT molecular complexity index is 788. The SMILES string of the molecule is CCN1C(=O)COc2cc3c(cc21)NC(=O)CC3c1cnsc1. The molecule has 0 aliphatic carbocycles. The van der Waals surface area contributed by atoms with Gasteiger partial charge in [-0.2, -0.15) is 0 Å². The summed E-state index contributed by atoms with van der Waals surface area (Å²) in [5, 5.41) is 4.88. The number of nitrogens with zero attached hydrogens (tertiary/aromatic N) is 2. The standard InChI is InChI=1S/C16H15N3O3S/c1-2-19-13-5-12-11(3-14(13)22-7-16(19)21)10(4-15(20)18-12)9-6-17-23-8-9/h3,5-6,8,10H,2,4,7H2,1H3,(H,18,20). The van der Waals surface area contributed by atoms with E-state index in [1.54, 1.807) is 11.1 Å². The van der Waals surface area contributed by atoms with E-state index in [0.717, 1.165) is 16.8 Å².